The van der Waals surface area contributed by atoms with E-state index in [4.69, 9.17) is 4.74 Å². The first kappa shape index (κ1) is 18.4. The van der Waals surface area contributed by atoms with Crippen LogP contribution in [0, 0.1) is 0 Å². The van der Waals surface area contributed by atoms with Crippen molar-refractivity contribution in [2.24, 2.45) is 4.99 Å². The summed E-state index contributed by atoms with van der Waals surface area (Å²) in [6, 6.07) is 14.3. The predicted molar refractivity (Wildman–Crippen MR) is 110 cm³/mol. The molecule has 0 atom stereocenters. The molecule has 4 rings (SSSR count). The van der Waals surface area contributed by atoms with Gasteiger partial charge in [-0.3, -0.25) is 14.2 Å². The number of rotatable bonds is 3. The Labute approximate surface area is 166 Å². The number of ether oxygens (including phenoxy) is 1. The van der Waals surface area contributed by atoms with Crippen molar-refractivity contribution in [3.8, 4) is 0 Å². The van der Waals surface area contributed by atoms with E-state index in [1.165, 1.54) is 18.4 Å². The molecule has 0 bridgehead atoms. The summed E-state index contributed by atoms with van der Waals surface area (Å²) in [4.78, 5) is 39.6. The SMILES string of the molecule is CC(=O)Nc1ccc(C2=NC(=Cc3cn(C(C)=O)c4ccccc34)C(=O)O2)cc1. The Bertz CT molecular complexity index is 1220. The lowest BCUT2D eigenvalue weighted by molar-refractivity contribution is -0.129. The van der Waals surface area contributed by atoms with Crippen LogP contribution in [0.4, 0.5) is 5.69 Å². The van der Waals surface area contributed by atoms with Crippen LogP contribution in [0.3, 0.4) is 0 Å². The highest BCUT2D eigenvalue weighted by Crippen LogP contribution is 2.26. The second-order valence-electron chi connectivity index (χ2n) is 6.59. The van der Waals surface area contributed by atoms with E-state index in [9.17, 15) is 14.4 Å². The third kappa shape index (κ3) is 3.58. The van der Waals surface area contributed by atoms with Gasteiger partial charge in [0.2, 0.25) is 17.7 Å². The summed E-state index contributed by atoms with van der Waals surface area (Å²) in [6.07, 6.45) is 3.30. The molecule has 144 valence electrons. The maximum atomic E-state index is 12.3. The van der Waals surface area contributed by atoms with Crippen molar-refractivity contribution in [3.05, 3.63) is 71.6 Å². The summed E-state index contributed by atoms with van der Waals surface area (Å²) < 4.78 is 6.84. The molecule has 1 aliphatic heterocycles. The van der Waals surface area contributed by atoms with Crippen molar-refractivity contribution in [1.82, 2.24) is 4.57 Å². The van der Waals surface area contributed by atoms with Gasteiger partial charge in [0.15, 0.2) is 5.70 Å². The Balaban J connectivity index is 1.69. The van der Waals surface area contributed by atoms with Crippen LogP contribution < -0.4 is 5.32 Å². The fraction of sp³-hybridized carbons (Fsp3) is 0.0909. The lowest BCUT2D eigenvalue weighted by Gasteiger charge is -2.03. The van der Waals surface area contributed by atoms with Gasteiger partial charge in [-0.25, -0.2) is 9.79 Å². The summed E-state index contributed by atoms with van der Waals surface area (Å²) in [5.74, 6) is -0.669. The molecule has 29 heavy (non-hydrogen) atoms. The van der Waals surface area contributed by atoms with E-state index in [0.717, 1.165) is 10.9 Å². The van der Waals surface area contributed by atoms with E-state index in [1.54, 1.807) is 36.5 Å². The molecule has 0 saturated heterocycles. The molecule has 3 aromatic rings. The number of aromatic nitrogens is 1. The monoisotopic (exact) mass is 387 g/mol. The molecule has 1 aliphatic rings. The second kappa shape index (κ2) is 7.20. The number of esters is 1. The van der Waals surface area contributed by atoms with Gasteiger partial charge in [-0.2, -0.15) is 0 Å². The molecule has 1 N–H and O–H groups in total. The third-order valence-electron chi connectivity index (χ3n) is 4.45. The highest BCUT2D eigenvalue weighted by atomic mass is 16.6. The Morgan fingerprint density at radius 1 is 1.07 bits per heavy atom. The number of fused-ring (bicyclic) bond motifs is 1. The number of benzene rings is 2. The number of nitrogens with zero attached hydrogens (tertiary/aromatic N) is 2. The molecular formula is C22H17N3O4. The number of para-hydroxylation sites is 1. The van der Waals surface area contributed by atoms with E-state index in [-0.39, 0.29) is 23.4 Å². The van der Waals surface area contributed by atoms with E-state index >= 15 is 0 Å². The molecule has 7 heteroatoms. The van der Waals surface area contributed by atoms with Crippen molar-refractivity contribution >= 4 is 46.3 Å². The zero-order valence-corrected chi connectivity index (χ0v) is 15.8. The van der Waals surface area contributed by atoms with Gasteiger partial charge in [0, 0.05) is 42.2 Å². The highest BCUT2D eigenvalue weighted by molar-refractivity contribution is 6.13. The molecule has 2 aromatic carbocycles. The molecule has 0 radical (unpaired) electrons. The number of hydrogen-bond acceptors (Lipinski definition) is 5. The number of aliphatic imine (C=N–C) groups is 1. The molecule has 7 nitrogen and oxygen atoms in total. The fourth-order valence-electron chi connectivity index (χ4n) is 3.16. The van der Waals surface area contributed by atoms with Crippen molar-refractivity contribution in [1.29, 1.82) is 0 Å². The number of carbonyl (C=O) groups excluding carboxylic acids is 3. The van der Waals surface area contributed by atoms with Gasteiger partial charge in [0.25, 0.3) is 0 Å². The number of nitrogens with one attached hydrogen (secondary N) is 1. The van der Waals surface area contributed by atoms with E-state index in [2.05, 4.69) is 10.3 Å². The van der Waals surface area contributed by atoms with Crippen molar-refractivity contribution in [2.45, 2.75) is 13.8 Å². The lowest BCUT2D eigenvalue weighted by Crippen LogP contribution is -2.07. The van der Waals surface area contributed by atoms with Gasteiger partial charge >= 0.3 is 5.97 Å². The average Bonchev–Trinajstić information content (AvgIpc) is 3.24. The Kier molecular flexibility index (Phi) is 4.56. The summed E-state index contributed by atoms with van der Waals surface area (Å²) in [6.45, 7) is 2.91. The first-order valence-electron chi connectivity index (χ1n) is 8.94. The summed E-state index contributed by atoms with van der Waals surface area (Å²) in [7, 11) is 0. The van der Waals surface area contributed by atoms with Crippen LogP contribution >= 0.6 is 0 Å². The standard InChI is InChI=1S/C22H17N3O4/c1-13(26)23-17-9-7-15(8-10-17)21-24-19(22(28)29-21)11-16-12-25(14(2)27)20-6-4-3-5-18(16)20/h3-12H,1-2H3,(H,23,26). The Morgan fingerprint density at radius 3 is 2.48 bits per heavy atom. The first-order chi connectivity index (χ1) is 13.9. The van der Waals surface area contributed by atoms with E-state index < -0.39 is 5.97 Å². The summed E-state index contributed by atoms with van der Waals surface area (Å²) in [5, 5.41) is 3.51. The number of hydrogen-bond donors (Lipinski definition) is 1. The molecular weight excluding hydrogens is 370 g/mol. The van der Waals surface area contributed by atoms with Gasteiger partial charge in [-0.1, -0.05) is 18.2 Å². The van der Waals surface area contributed by atoms with Crippen LogP contribution in [0.1, 0.15) is 29.8 Å². The number of amides is 1. The smallest absolute Gasteiger partial charge is 0.363 e. The molecule has 1 amide bonds. The minimum absolute atomic E-state index is 0.122. The van der Waals surface area contributed by atoms with Gasteiger partial charge < -0.3 is 10.1 Å². The molecule has 0 saturated carbocycles. The first-order valence-corrected chi connectivity index (χ1v) is 8.94. The van der Waals surface area contributed by atoms with Crippen LogP contribution in [0.5, 0.6) is 0 Å². The topological polar surface area (TPSA) is 89.8 Å². The fourth-order valence-corrected chi connectivity index (χ4v) is 3.16. The minimum Gasteiger partial charge on any atom is -0.402 e. The van der Waals surface area contributed by atoms with Crippen LogP contribution in [0.2, 0.25) is 0 Å². The van der Waals surface area contributed by atoms with Crippen LogP contribution in [0.25, 0.3) is 17.0 Å². The largest absolute Gasteiger partial charge is 0.402 e. The molecule has 1 aromatic heterocycles. The Hall–Kier alpha value is -4.00. The van der Waals surface area contributed by atoms with Gasteiger partial charge in [0.1, 0.15) is 0 Å². The molecule has 0 aliphatic carbocycles. The predicted octanol–water partition coefficient (Wildman–Crippen LogP) is 3.60. The molecule has 0 unspecified atom stereocenters. The van der Waals surface area contributed by atoms with Crippen molar-refractivity contribution in [2.75, 3.05) is 5.32 Å². The third-order valence-corrected chi connectivity index (χ3v) is 4.45. The molecule has 2 heterocycles. The summed E-state index contributed by atoms with van der Waals surface area (Å²) in [5.41, 5.74) is 2.86. The van der Waals surface area contributed by atoms with Crippen LogP contribution in [0.15, 0.2) is 65.4 Å². The van der Waals surface area contributed by atoms with E-state index in [0.29, 0.717) is 16.8 Å². The second-order valence-corrected chi connectivity index (χ2v) is 6.59. The molecule has 0 spiro atoms. The maximum Gasteiger partial charge on any atom is 0.363 e. The number of anilines is 1. The van der Waals surface area contributed by atoms with Gasteiger partial charge in [-0.05, 0) is 36.4 Å². The van der Waals surface area contributed by atoms with E-state index in [1.807, 2.05) is 24.3 Å². The van der Waals surface area contributed by atoms with Crippen molar-refractivity contribution in [3.63, 3.8) is 0 Å². The summed E-state index contributed by atoms with van der Waals surface area (Å²) >= 11 is 0. The highest BCUT2D eigenvalue weighted by Gasteiger charge is 2.25. The number of carbonyl (C=O) groups is 3. The van der Waals surface area contributed by atoms with Gasteiger partial charge in [-0.15, -0.1) is 0 Å². The van der Waals surface area contributed by atoms with Gasteiger partial charge in [0.05, 0.1) is 5.52 Å². The lowest BCUT2D eigenvalue weighted by atomic mass is 10.1. The Morgan fingerprint density at radius 2 is 1.79 bits per heavy atom. The van der Waals surface area contributed by atoms with Crippen LogP contribution in [-0.4, -0.2) is 28.2 Å². The van der Waals surface area contributed by atoms with Crippen molar-refractivity contribution < 1.29 is 19.1 Å². The normalized spacial score (nSPS) is 14.8. The average molecular weight is 387 g/mol. The number of cyclic esters (lactones) is 1. The zero-order chi connectivity index (χ0) is 20.5. The quantitative estimate of drug-likeness (QED) is 0.549. The zero-order valence-electron chi connectivity index (χ0n) is 15.8. The minimum atomic E-state index is -0.564. The van der Waals surface area contributed by atoms with Crippen LogP contribution in [-0.2, 0) is 14.3 Å². The maximum absolute atomic E-state index is 12.3. The molecule has 0 fully saturated rings.